The number of guanidine groups is 1. The Morgan fingerprint density at radius 2 is 1.90 bits per heavy atom. The second-order valence-electron chi connectivity index (χ2n) is 7.50. The Kier molecular flexibility index (Phi) is 9.90. The third-order valence-corrected chi connectivity index (χ3v) is 6.92. The Morgan fingerprint density at radius 1 is 1.17 bits per heavy atom. The molecule has 0 heterocycles. The molecule has 2 N–H and O–H groups in total. The minimum absolute atomic E-state index is 0.289. The van der Waals surface area contributed by atoms with Crippen LogP contribution >= 0.6 is 0 Å². The van der Waals surface area contributed by atoms with Crippen LogP contribution in [-0.2, 0) is 21.3 Å². The Hall–Kier alpha value is -1.64. The lowest BCUT2D eigenvalue weighted by Crippen LogP contribution is -2.38. The summed E-state index contributed by atoms with van der Waals surface area (Å²) in [5.41, 5.74) is 0.680. The standard InChI is InChI=1S/C21H36N4O3S/c1-4-22-21(23-15-10-16-28-19-12-6-5-7-13-19)24-17-18-11-8-9-14-20(18)29(26,27)25(2)3/h8-9,11,14,19H,4-7,10,12-13,15-17H2,1-3H3,(H2,22,23,24). The smallest absolute Gasteiger partial charge is 0.242 e. The van der Waals surface area contributed by atoms with Gasteiger partial charge in [-0.05, 0) is 37.8 Å². The number of benzene rings is 1. The van der Waals surface area contributed by atoms with Crippen LogP contribution in [0.1, 0.15) is 51.0 Å². The Balaban J connectivity index is 1.89. The zero-order valence-corrected chi connectivity index (χ0v) is 18.8. The molecule has 8 heteroatoms. The molecule has 0 spiro atoms. The van der Waals surface area contributed by atoms with Gasteiger partial charge in [0.2, 0.25) is 10.0 Å². The second kappa shape index (κ2) is 12.1. The maximum absolute atomic E-state index is 12.5. The average molecular weight is 425 g/mol. The minimum atomic E-state index is -3.50. The minimum Gasteiger partial charge on any atom is -0.378 e. The third kappa shape index (κ3) is 7.60. The highest BCUT2D eigenvalue weighted by Gasteiger charge is 2.20. The van der Waals surface area contributed by atoms with E-state index in [0.29, 0.717) is 22.5 Å². The van der Waals surface area contributed by atoms with Gasteiger partial charge in [-0.1, -0.05) is 37.5 Å². The number of nitrogens with zero attached hydrogens (tertiary/aromatic N) is 2. The zero-order valence-electron chi connectivity index (χ0n) is 18.0. The molecule has 0 atom stereocenters. The quantitative estimate of drug-likeness (QED) is 0.343. The van der Waals surface area contributed by atoms with Crippen molar-refractivity contribution in [3.8, 4) is 0 Å². The maximum Gasteiger partial charge on any atom is 0.242 e. The molecule has 0 bridgehead atoms. The van der Waals surface area contributed by atoms with Crippen LogP contribution in [0.3, 0.4) is 0 Å². The summed E-state index contributed by atoms with van der Waals surface area (Å²) in [5, 5.41) is 6.52. The molecule has 1 aromatic carbocycles. The molecule has 1 fully saturated rings. The second-order valence-corrected chi connectivity index (χ2v) is 9.62. The molecule has 0 aromatic heterocycles. The van der Waals surface area contributed by atoms with E-state index < -0.39 is 10.0 Å². The van der Waals surface area contributed by atoms with E-state index in [9.17, 15) is 8.42 Å². The molecule has 0 saturated heterocycles. The highest BCUT2D eigenvalue weighted by atomic mass is 32.2. The fraction of sp³-hybridized carbons (Fsp3) is 0.667. The molecular formula is C21H36N4O3S. The van der Waals surface area contributed by atoms with Crippen LogP contribution in [-0.4, -0.2) is 58.6 Å². The van der Waals surface area contributed by atoms with E-state index in [-0.39, 0.29) is 6.54 Å². The van der Waals surface area contributed by atoms with Crippen LogP contribution in [0.5, 0.6) is 0 Å². The van der Waals surface area contributed by atoms with Gasteiger partial charge in [0.15, 0.2) is 5.96 Å². The van der Waals surface area contributed by atoms with Crippen LogP contribution in [0.15, 0.2) is 34.2 Å². The van der Waals surface area contributed by atoms with Crippen LogP contribution in [0.25, 0.3) is 0 Å². The fourth-order valence-electron chi connectivity index (χ4n) is 3.35. The topological polar surface area (TPSA) is 83.0 Å². The predicted molar refractivity (Wildman–Crippen MR) is 118 cm³/mol. The van der Waals surface area contributed by atoms with Gasteiger partial charge in [0, 0.05) is 33.8 Å². The van der Waals surface area contributed by atoms with Crippen LogP contribution in [0.2, 0.25) is 0 Å². The van der Waals surface area contributed by atoms with E-state index in [4.69, 9.17) is 4.74 Å². The van der Waals surface area contributed by atoms with Gasteiger partial charge < -0.3 is 15.4 Å². The summed E-state index contributed by atoms with van der Waals surface area (Å²) in [6.45, 7) is 4.55. The van der Waals surface area contributed by atoms with Crippen LogP contribution in [0, 0.1) is 0 Å². The molecule has 0 radical (unpaired) electrons. The lowest BCUT2D eigenvalue weighted by atomic mass is 9.98. The van der Waals surface area contributed by atoms with E-state index in [1.807, 2.05) is 19.1 Å². The average Bonchev–Trinajstić information content (AvgIpc) is 2.72. The number of hydrogen-bond acceptors (Lipinski definition) is 4. The summed E-state index contributed by atoms with van der Waals surface area (Å²) in [6, 6.07) is 7.01. The first-order valence-corrected chi connectivity index (χ1v) is 12.0. The maximum atomic E-state index is 12.5. The number of nitrogens with one attached hydrogen (secondary N) is 2. The molecule has 0 amide bonds. The van der Waals surface area contributed by atoms with Crippen molar-refractivity contribution in [2.24, 2.45) is 4.99 Å². The van der Waals surface area contributed by atoms with Gasteiger partial charge in [-0.15, -0.1) is 0 Å². The van der Waals surface area contributed by atoms with E-state index in [1.54, 1.807) is 12.1 Å². The first-order valence-electron chi connectivity index (χ1n) is 10.6. The van der Waals surface area contributed by atoms with Crippen LogP contribution in [0.4, 0.5) is 0 Å². The molecule has 1 aromatic rings. The summed E-state index contributed by atoms with van der Waals surface area (Å²) in [7, 11) is -0.420. The molecule has 1 saturated carbocycles. The van der Waals surface area contributed by atoms with Gasteiger partial charge in [0.05, 0.1) is 17.5 Å². The Bertz CT molecular complexity index is 744. The van der Waals surface area contributed by atoms with Crippen molar-refractivity contribution in [2.45, 2.75) is 63.0 Å². The Morgan fingerprint density at radius 3 is 2.59 bits per heavy atom. The molecule has 1 aliphatic carbocycles. The number of rotatable bonds is 10. The van der Waals surface area contributed by atoms with Crippen molar-refractivity contribution in [2.75, 3.05) is 33.8 Å². The Labute approximate surface area is 176 Å². The number of aliphatic imine (C=N–C) groups is 1. The van der Waals surface area contributed by atoms with Gasteiger partial charge in [-0.3, -0.25) is 0 Å². The zero-order chi connectivity index (χ0) is 21.1. The summed E-state index contributed by atoms with van der Waals surface area (Å²) in [5.74, 6) is 0.683. The molecule has 2 rings (SSSR count). The largest absolute Gasteiger partial charge is 0.378 e. The summed E-state index contributed by atoms with van der Waals surface area (Å²) in [4.78, 5) is 4.87. The number of ether oxygens (including phenoxy) is 1. The first kappa shape index (κ1) is 23.6. The van der Waals surface area contributed by atoms with Crippen molar-refractivity contribution in [1.82, 2.24) is 14.9 Å². The van der Waals surface area contributed by atoms with Gasteiger partial charge in [-0.25, -0.2) is 17.7 Å². The highest BCUT2D eigenvalue weighted by molar-refractivity contribution is 7.89. The van der Waals surface area contributed by atoms with E-state index in [2.05, 4.69) is 15.6 Å². The third-order valence-electron chi connectivity index (χ3n) is 5.00. The monoisotopic (exact) mass is 424 g/mol. The lowest BCUT2D eigenvalue weighted by molar-refractivity contribution is 0.0277. The molecule has 0 aliphatic heterocycles. The molecule has 7 nitrogen and oxygen atoms in total. The normalized spacial score (nSPS) is 16.2. The van der Waals surface area contributed by atoms with Gasteiger partial charge >= 0.3 is 0 Å². The van der Waals surface area contributed by atoms with Crippen molar-refractivity contribution in [3.05, 3.63) is 29.8 Å². The van der Waals surface area contributed by atoms with Gasteiger partial charge in [0.25, 0.3) is 0 Å². The predicted octanol–water partition coefficient (Wildman–Crippen LogP) is 2.73. The van der Waals surface area contributed by atoms with E-state index >= 15 is 0 Å². The molecular weight excluding hydrogens is 388 g/mol. The summed E-state index contributed by atoms with van der Waals surface area (Å²) >= 11 is 0. The highest BCUT2D eigenvalue weighted by Crippen LogP contribution is 2.20. The lowest BCUT2D eigenvalue weighted by Gasteiger charge is -2.22. The van der Waals surface area contributed by atoms with E-state index in [1.165, 1.54) is 50.5 Å². The van der Waals surface area contributed by atoms with Crippen molar-refractivity contribution < 1.29 is 13.2 Å². The molecule has 0 unspecified atom stereocenters. The van der Waals surface area contributed by atoms with Gasteiger partial charge in [-0.2, -0.15) is 0 Å². The first-order chi connectivity index (χ1) is 13.9. The molecule has 29 heavy (non-hydrogen) atoms. The summed E-state index contributed by atoms with van der Waals surface area (Å²) in [6.07, 6.45) is 7.62. The van der Waals surface area contributed by atoms with E-state index in [0.717, 1.165) is 26.1 Å². The van der Waals surface area contributed by atoms with Crippen molar-refractivity contribution in [1.29, 1.82) is 0 Å². The number of sulfonamides is 1. The molecule has 164 valence electrons. The summed E-state index contributed by atoms with van der Waals surface area (Å²) < 4.78 is 32.2. The van der Waals surface area contributed by atoms with Gasteiger partial charge in [0.1, 0.15) is 0 Å². The van der Waals surface area contributed by atoms with Crippen molar-refractivity contribution in [3.63, 3.8) is 0 Å². The van der Waals surface area contributed by atoms with Crippen LogP contribution < -0.4 is 10.6 Å². The number of hydrogen-bond donors (Lipinski definition) is 2. The van der Waals surface area contributed by atoms with Crippen molar-refractivity contribution >= 4 is 16.0 Å². The fourth-order valence-corrected chi connectivity index (χ4v) is 4.46. The SMILES string of the molecule is CCNC(=NCc1ccccc1S(=O)(=O)N(C)C)NCCCOC1CCCCC1. The molecule has 1 aliphatic rings.